The molecule has 0 radical (unpaired) electrons. The number of carboxylic acid groups (broad SMARTS) is 1. The maximum atomic E-state index is 13.2. The largest absolute Gasteiger partial charge is 0.651 e. The van der Waals surface area contributed by atoms with Gasteiger partial charge in [0.1, 0.15) is 17.8 Å². The fraction of sp³-hybridized carbons (Fsp3) is 0.438. The first kappa shape index (κ1) is 39.4. The number of aliphatic carboxylic acids is 1. The molecule has 0 aromatic heterocycles. The first-order valence-corrected chi connectivity index (χ1v) is 16.8. The molecule has 2 aromatic carbocycles. The number of carbonyl (C=O) groups excluding carboxylic acids is 5. The van der Waals surface area contributed by atoms with E-state index in [1.165, 1.54) is 24.3 Å². The normalized spacial score (nSPS) is 13.5. The summed E-state index contributed by atoms with van der Waals surface area (Å²) in [6.07, 6.45) is 1.34. The lowest BCUT2D eigenvalue weighted by Crippen LogP contribution is -2.57. The summed E-state index contributed by atoms with van der Waals surface area (Å²) >= 11 is 0. The summed E-state index contributed by atoms with van der Waals surface area (Å²) in [4.78, 5) is 73.1. The van der Waals surface area contributed by atoms with Gasteiger partial charge in [-0.1, -0.05) is 62.7 Å². The van der Waals surface area contributed by atoms with Crippen molar-refractivity contribution in [1.82, 2.24) is 16.0 Å². The number of benzene rings is 2. The second kappa shape index (κ2) is 19.2. The van der Waals surface area contributed by atoms with Crippen LogP contribution in [-0.4, -0.2) is 65.4 Å². The molecule has 0 unspecified atom stereocenters. The van der Waals surface area contributed by atoms with Crippen LogP contribution >= 0.6 is 7.82 Å². The number of nitrogens with two attached hydrogens (primary N) is 1. The monoisotopic (exact) mass is 690 g/mol. The van der Waals surface area contributed by atoms with Gasteiger partial charge in [-0.2, -0.15) is 4.57 Å². The number of aryl methyl sites for hydroxylation is 1. The molecule has 0 spiro atoms. The van der Waals surface area contributed by atoms with E-state index in [4.69, 9.17) is 10.3 Å². The zero-order valence-corrected chi connectivity index (χ0v) is 28.2. The van der Waals surface area contributed by atoms with Crippen LogP contribution in [0.5, 0.6) is 5.75 Å². The van der Waals surface area contributed by atoms with E-state index in [2.05, 4.69) is 25.0 Å². The highest BCUT2D eigenvalue weighted by molar-refractivity contribution is 7.50. The van der Waals surface area contributed by atoms with Crippen molar-refractivity contribution < 1.29 is 52.0 Å². The predicted octanol–water partition coefficient (Wildman–Crippen LogP) is 2.41. The lowest BCUT2D eigenvalue weighted by Gasteiger charge is -2.26. The van der Waals surface area contributed by atoms with Gasteiger partial charge in [-0.25, -0.2) is 4.79 Å². The fourth-order valence-corrected chi connectivity index (χ4v) is 5.50. The van der Waals surface area contributed by atoms with Crippen LogP contribution in [0.15, 0.2) is 54.6 Å². The van der Waals surface area contributed by atoms with Crippen LogP contribution in [0, 0.1) is 5.92 Å². The SMILES string of the molecule is CC[C@H](C)[C@H](NC(=O)[C@@H](N)Cc1ccc(OP(=O)(OC(C)=O)OC(C)=O)cc1)C(=O)N[C@@H](CC(=O)NCCCc1ccccc1)C(=O)O. The molecule has 48 heavy (non-hydrogen) atoms. The van der Waals surface area contributed by atoms with Crippen molar-refractivity contribution in [2.75, 3.05) is 6.54 Å². The summed E-state index contributed by atoms with van der Waals surface area (Å²) in [6.45, 7) is 5.75. The summed E-state index contributed by atoms with van der Waals surface area (Å²) < 4.78 is 26.8. The molecule has 4 atom stereocenters. The molecule has 2 aromatic rings. The zero-order valence-electron chi connectivity index (χ0n) is 27.3. The van der Waals surface area contributed by atoms with Crippen molar-refractivity contribution >= 4 is 43.5 Å². The number of carboxylic acids is 1. The molecule has 0 heterocycles. The molecule has 0 aliphatic carbocycles. The Bertz CT molecular complexity index is 1450. The van der Waals surface area contributed by atoms with E-state index in [-0.39, 0.29) is 12.2 Å². The molecule has 0 saturated heterocycles. The van der Waals surface area contributed by atoms with Gasteiger partial charge in [-0.05, 0) is 48.4 Å². The number of hydrogen-bond acceptors (Lipinski definition) is 11. The second-order valence-electron chi connectivity index (χ2n) is 11.1. The molecule has 0 aliphatic rings. The van der Waals surface area contributed by atoms with Crippen molar-refractivity contribution in [2.24, 2.45) is 11.7 Å². The Labute approximate surface area is 278 Å². The third-order valence-electron chi connectivity index (χ3n) is 7.02. The van der Waals surface area contributed by atoms with E-state index in [1.54, 1.807) is 13.8 Å². The quantitative estimate of drug-likeness (QED) is 0.106. The first-order valence-electron chi connectivity index (χ1n) is 15.3. The number of nitrogens with one attached hydrogen (secondary N) is 3. The van der Waals surface area contributed by atoms with Crippen LogP contribution in [0.3, 0.4) is 0 Å². The molecule has 2 rings (SSSR count). The molecule has 0 saturated carbocycles. The van der Waals surface area contributed by atoms with Gasteiger partial charge >= 0.3 is 25.7 Å². The van der Waals surface area contributed by atoms with Gasteiger partial charge in [0.05, 0.1) is 12.5 Å². The maximum Gasteiger partial charge on any atom is 0.651 e. The Morgan fingerprint density at radius 2 is 1.48 bits per heavy atom. The van der Waals surface area contributed by atoms with Gasteiger partial charge in [0.15, 0.2) is 0 Å². The van der Waals surface area contributed by atoms with Crippen molar-refractivity contribution in [3.8, 4) is 5.75 Å². The topological polar surface area (TPSA) is 230 Å². The minimum atomic E-state index is -4.58. The number of hydrogen-bond donors (Lipinski definition) is 5. The summed E-state index contributed by atoms with van der Waals surface area (Å²) in [5.41, 5.74) is 7.76. The number of phosphoric ester groups is 1. The minimum Gasteiger partial charge on any atom is -0.480 e. The molecule has 0 bridgehead atoms. The highest BCUT2D eigenvalue weighted by Gasteiger charge is 2.35. The zero-order chi connectivity index (χ0) is 35.9. The second-order valence-corrected chi connectivity index (χ2v) is 12.5. The Morgan fingerprint density at radius 1 is 0.875 bits per heavy atom. The smallest absolute Gasteiger partial charge is 0.480 e. The van der Waals surface area contributed by atoms with Crippen molar-refractivity contribution in [2.45, 2.75) is 77.9 Å². The average molecular weight is 691 g/mol. The van der Waals surface area contributed by atoms with Crippen molar-refractivity contribution in [3.05, 3.63) is 65.7 Å². The molecule has 3 amide bonds. The summed E-state index contributed by atoms with van der Waals surface area (Å²) in [6, 6.07) is 11.5. The van der Waals surface area contributed by atoms with Gasteiger partial charge in [-0.15, -0.1) is 0 Å². The van der Waals surface area contributed by atoms with E-state index in [1.807, 2.05) is 30.3 Å². The fourth-order valence-electron chi connectivity index (χ4n) is 4.38. The van der Waals surface area contributed by atoms with E-state index < -0.39 is 73.9 Å². The molecule has 15 nitrogen and oxygen atoms in total. The standard InChI is InChI=1S/C32H43N4O11P/c1-5-20(2)29(31(41)35-27(32(42)43)19-28(39)34-17-9-12-23-10-7-6-8-11-23)36-30(40)26(33)18-24-13-15-25(16-14-24)47-48(44,45-21(3)37)46-22(4)38/h6-8,10-11,13-16,20,26-27,29H,5,9,12,17-19,33H2,1-4H3,(H,34,39)(H,35,41)(H,36,40)(H,42,43)/t20-,26-,27-,29-/m0/s1. The maximum absolute atomic E-state index is 13.2. The van der Waals surface area contributed by atoms with Gasteiger partial charge < -0.3 is 40.4 Å². The van der Waals surface area contributed by atoms with Gasteiger partial charge in [-0.3, -0.25) is 24.0 Å². The summed E-state index contributed by atoms with van der Waals surface area (Å²) in [5.74, 6) is -5.88. The van der Waals surface area contributed by atoms with Crippen molar-refractivity contribution in [3.63, 3.8) is 0 Å². The number of rotatable bonds is 19. The van der Waals surface area contributed by atoms with Crippen LogP contribution < -0.4 is 26.2 Å². The van der Waals surface area contributed by atoms with Crippen LogP contribution in [0.2, 0.25) is 0 Å². The summed E-state index contributed by atoms with van der Waals surface area (Å²) in [7, 11) is -4.58. The van der Waals surface area contributed by atoms with Crippen LogP contribution in [0.1, 0.15) is 58.1 Å². The van der Waals surface area contributed by atoms with Gasteiger partial charge in [0.2, 0.25) is 17.7 Å². The highest BCUT2D eigenvalue weighted by Crippen LogP contribution is 2.49. The Balaban J connectivity index is 1.97. The van der Waals surface area contributed by atoms with Crippen LogP contribution in [-0.2, 0) is 55.2 Å². The van der Waals surface area contributed by atoms with Crippen LogP contribution in [0.4, 0.5) is 0 Å². The van der Waals surface area contributed by atoms with Gasteiger partial charge in [0, 0.05) is 20.4 Å². The Hall–Kier alpha value is -4.75. The Morgan fingerprint density at radius 3 is 2.02 bits per heavy atom. The Kier molecular flexibility index (Phi) is 15.7. The average Bonchev–Trinajstić information content (AvgIpc) is 3.01. The minimum absolute atomic E-state index is 0.00525. The molecule has 0 fully saturated rings. The molecular weight excluding hydrogens is 647 g/mol. The summed E-state index contributed by atoms with van der Waals surface area (Å²) in [5, 5.41) is 17.3. The first-order chi connectivity index (χ1) is 22.6. The lowest BCUT2D eigenvalue weighted by molar-refractivity contribution is -0.144. The lowest BCUT2D eigenvalue weighted by atomic mass is 9.96. The van der Waals surface area contributed by atoms with E-state index >= 15 is 0 Å². The molecule has 262 valence electrons. The van der Waals surface area contributed by atoms with Crippen LogP contribution in [0.25, 0.3) is 0 Å². The third kappa shape index (κ3) is 13.9. The molecular formula is C32H43N4O11P. The predicted molar refractivity (Wildman–Crippen MR) is 173 cm³/mol. The molecule has 6 N–H and O–H groups in total. The van der Waals surface area contributed by atoms with E-state index in [0.717, 1.165) is 25.8 Å². The number of carbonyl (C=O) groups is 6. The number of amides is 3. The van der Waals surface area contributed by atoms with E-state index in [0.29, 0.717) is 24.9 Å². The molecule has 0 aliphatic heterocycles. The van der Waals surface area contributed by atoms with Gasteiger partial charge in [0.25, 0.3) is 0 Å². The third-order valence-corrected chi connectivity index (χ3v) is 8.41. The van der Waals surface area contributed by atoms with E-state index in [9.17, 15) is 38.4 Å². The highest BCUT2D eigenvalue weighted by atomic mass is 31.2. The number of phosphoric acid groups is 1. The van der Waals surface area contributed by atoms with Crippen molar-refractivity contribution in [1.29, 1.82) is 0 Å². The molecule has 16 heteroatoms.